The molecule has 0 fully saturated rings. The van der Waals surface area contributed by atoms with E-state index in [9.17, 15) is 9.59 Å². The van der Waals surface area contributed by atoms with Gasteiger partial charge in [0.05, 0.1) is 0 Å². The van der Waals surface area contributed by atoms with Crippen LogP contribution in [0.5, 0.6) is 0 Å². The van der Waals surface area contributed by atoms with E-state index >= 15 is 0 Å². The zero-order chi connectivity index (χ0) is 15.1. The Morgan fingerprint density at radius 2 is 1.15 bits per heavy atom. The first-order valence-electron chi connectivity index (χ1n) is 7.19. The van der Waals surface area contributed by atoms with Crippen LogP contribution in [-0.2, 0) is 0 Å². The van der Waals surface area contributed by atoms with Crippen molar-refractivity contribution in [1.82, 2.24) is 10.6 Å². The maximum absolute atomic E-state index is 11.9. The van der Waals surface area contributed by atoms with E-state index in [-0.39, 0.29) is 23.9 Å². The molecule has 0 aromatic heterocycles. The van der Waals surface area contributed by atoms with E-state index in [0.717, 1.165) is 12.8 Å². The van der Waals surface area contributed by atoms with Crippen molar-refractivity contribution in [2.45, 2.75) is 52.6 Å². The molecule has 4 heteroatoms. The fraction of sp³-hybridized carbons (Fsp3) is 0.500. The summed E-state index contributed by atoms with van der Waals surface area (Å²) < 4.78 is 0. The molecule has 2 amide bonds. The lowest BCUT2D eigenvalue weighted by atomic mass is 10.1. The van der Waals surface area contributed by atoms with Gasteiger partial charge in [0.15, 0.2) is 0 Å². The number of hydrogen-bond donors (Lipinski definition) is 2. The number of nitrogens with one attached hydrogen (secondary N) is 2. The number of carbonyl (C=O) groups is 2. The second-order valence-electron chi connectivity index (χ2n) is 5.14. The molecular formula is C16H24N2O2. The lowest BCUT2D eigenvalue weighted by Crippen LogP contribution is -2.33. The first-order chi connectivity index (χ1) is 9.47. The van der Waals surface area contributed by atoms with Crippen molar-refractivity contribution in [3.05, 3.63) is 35.4 Å². The summed E-state index contributed by atoms with van der Waals surface area (Å²) in [6.07, 6.45) is 1.78. The zero-order valence-corrected chi connectivity index (χ0v) is 12.7. The van der Waals surface area contributed by atoms with E-state index in [2.05, 4.69) is 10.6 Å². The van der Waals surface area contributed by atoms with E-state index in [0.29, 0.717) is 11.1 Å². The molecule has 0 bridgehead atoms. The molecule has 110 valence electrons. The summed E-state index contributed by atoms with van der Waals surface area (Å²) in [6.45, 7) is 7.97. The quantitative estimate of drug-likeness (QED) is 0.839. The summed E-state index contributed by atoms with van der Waals surface area (Å²) in [5.41, 5.74) is 1.15. The lowest BCUT2D eigenvalue weighted by molar-refractivity contribution is 0.0927. The molecule has 0 heterocycles. The van der Waals surface area contributed by atoms with Crippen LogP contribution in [0.4, 0.5) is 0 Å². The Labute approximate surface area is 121 Å². The number of rotatable bonds is 6. The number of hydrogen-bond acceptors (Lipinski definition) is 2. The van der Waals surface area contributed by atoms with Crippen LogP contribution >= 0.6 is 0 Å². The van der Waals surface area contributed by atoms with Crippen LogP contribution in [0, 0.1) is 0 Å². The van der Waals surface area contributed by atoms with Gasteiger partial charge in [-0.05, 0) is 51.0 Å². The molecule has 1 aromatic rings. The first-order valence-corrected chi connectivity index (χ1v) is 7.19. The molecule has 20 heavy (non-hydrogen) atoms. The summed E-state index contributed by atoms with van der Waals surface area (Å²) in [5.74, 6) is -0.207. The summed E-state index contributed by atoms with van der Waals surface area (Å²) in [5, 5.41) is 5.79. The second-order valence-corrected chi connectivity index (χ2v) is 5.14. The number of benzene rings is 1. The van der Waals surface area contributed by atoms with Crippen LogP contribution in [0.3, 0.4) is 0 Å². The Morgan fingerprint density at radius 3 is 1.40 bits per heavy atom. The summed E-state index contributed by atoms with van der Waals surface area (Å²) in [4.78, 5) is 23.8. The van der Waals surface area contributed by atoms with Gasteiger partial charge in [-0.2, -0.15) is 0 Å². The molecule has 2 N–H and O–H groups in total. The predicted octanol–water partition coefficient (Wildman–Crippen LogP) is 2.74. The molecule has 0 aliphatic rings. The maximum Gasteiger partial charge on any atom is 0.251 e. The molecule has 0 unspecified atom stereocenters. The second kappa shape index (κ2) is 7.68. The Balaban J connectivity index is 2.68. The van der Waals surface area contributed by atoms with Crippen LogP contribution in [0.1, 0.15) is 61.3 Å². The van der Waals surface area contributed by atoms with E-state index in [4.69, 9.17) is 0 Å². The number of carbonyl (C=O) groups excluding carboxylic acids is 2. The van der Waals surface area contributed by atoms with Crippen LogP contribution in [0.15, 0.2) is 24.3 Å². The monoisotopic (exact) mass is 276 g/mol. The van der Waals surface area contributed by atoms with Gasteiger partial charge in [0.2, 0.25) is 0 Å². The van der Waals surface area contributed by atoms with Gasteiger partial charge in [-0.1, -0.05) is 13.8 Å². The average molecular weight is 276 g/mol. The molecule has 1 aromatic carbocycles. The molecule has 0 spiro atoms. The summed E-state index contributed by atoms with van der Waals surface area (Å²) in [7, 11) is 0. The van der Waals surface area contributed by atoms with Crippen molar-refractivity contribution in [1.29, 1.82) is 0 Å². The SMILES string of the molecule is CC[C@@H](C)NC(=O)c1ccc(C(=O)N[C@@H](C)CC)cc1. The Hall–Kier alpha value is -1.84. The predicted molar refractivity (Wildman–Crippen MR) is 80.9 cm³/mol. The van der Waals surface area contributed by atoms with E-state index in [1.54, 1.807) is 24.3 Å². The molecule has 2 atom stereocenters. The van der Waals surface area contributed by atoms with Gasteiger partial charge in [-0.15, -0.1) is 0 Å². The average Bonchev–Trinajstić information content (AvgIpc) is 2.46. The lowest BCUT2D eigenvalue weighted by Gasteiger charge is -2.13. The van der Waals surface area contributed by atoms with Crippen molar-refractivity contribution in [3.63, 3.8) is 0 Å². The third kappa shape index (κ3) is 4.68. The Kier molecular flexibility index (Phi) is 6.22. The molecule has 0 aliphatic carbocycles. The van der Waals surface area contributed by atoms with Crippen molar-refractivity contribution in [2.24, 2.45) is 0 Å². The minimum Gasteiger partial charge on any atom is -0.350 e. The Bertz CT molecular complexity index is 411. The fourth-order valence-corrected chi connectivity index (χ4v) is 1.59. The van der Waals surface area contributed by atoms with E-state index in [1.807, 2.05) is 27.7 Å². The molecule has 0 radical (unpaired) electrons. The van der Waals surface area contributed by atoms with Crippen LogP contribution in [-0.4, -0.2) is 23.9 Å². The van der Waals surface area contributed by atoms with Crippen LogP contribution < -0.4 is 10.6 Å². The minimum absolute atomic E-state index is 0.103. The molecule has 0 saturated heterocycles. The van der Waals surface area contributed by atoms with Gasteiger partial charge in [-0.3, -0.25) is 9.59 Å². The highest BCUT2D eigenvalue weighted by Crippen LogP contribution is 2.06. The fourth-order valence-electron chi connectivity index (χ4n) is 1.59. The number of amides is 2. The van der Waals surface area contributed by atoms with Gasteiger partial charge < -0.3 is 10.6 Å². The van der Waals surface area contributed by atoms with Gasteiger partial charge in [0.1, 0.15) is 0 Å². The molecule has 1 rings (SSSR count). The van der Waals surface area contributed by atoms with Crippen molar-refractivity contribution in [2.75, 3.05) is 0 Å². The normalized spacial score (nSPS) is 13.4. The minimum atomic E-state index is -0.103. The highest BCUT2D eigenvalue weighted by molar-refractivity contribution is 5.97. The maximum atomic E-state index is 11.9. The third-order valence-electron chi connectivity index (χ3n) is 3.39. The van der Waals surface area contributed by atoms with Gasteiger partial charge in [0.25, 0.3) is 11.8 Å². The largest absolute Gasteiger partial charge is 0.350 e. The zero-order valence-electron chi connectivity index (χ0n) is 12.7. The van der Waals surface area contributed by atoms with Gasteiger partial charge in [-0.25, -0.2) is 0 Å². The molecular weight excluding hydrogens is 252 g/mol. The molecule has 0 aliphatic heterocycles. The topological polar surface area (TPSA) is 58.2 Å². The van der Waals surface area contributed by atoms with Crippen LogP contribution in [0.25, 0.3) is 0 Å². The highest BCUT2D eigenvalue weighted by atomic mass is 16.2. The van der Waals surface area contributed by atoms with Gasteiger partial charge in [0, 0.05) is 23.2 Å². The van der Waals surface area contributed by atoms with E-state index in [1.165, 1.54) is 0 Å². The smallest absolute Gasteiger partial charge is 0.251 e. The van der Waals surface area contributed by atoms with Crippen molar-refractivity contribution < 1.29 is 9.59 Å². The molecule has 0 saturated carbocycles. The van der Waals surface area contributed by atoms with Gasteiger partial charge >= 0.3 is 0 Å². The molecule has 4 nitrogen and oxygen atoms in total. The third-order valence-corrected chi connectivity index (χ3v) is 3.39. The highest BCUT2D eigenvalue weighted by Gasteiger charge is 2.11. The van der Waals surface area contributed by atoms with Crippen molar-refractivity contribution >= 4 is 11.8 Å². The first kappa shape index (κ1) is 16.2. The van der Waals surface area contributed by atoms with Crippen LogP contribution in [0.2, 0.25) is 0 Å². The standard InChI is InChI=1S/C16H24N2O2/c1-5-11(3)17-15(19)13-7-9-14(10-8-13)16(20)18-12(4)6-2/h7-12H,5-6H2,1-4H3,(H,17,19)(H,18,20)/t11-,12+. The summed E-state index contributed by atoms with van der Waals surface area (Å²) >= 11 is 0. The van der Waals surface area contributed by atoms with E-state index < -0.39 is 0 Å². The Morgan fingerprint density at radius 1 is 0.850 bits per heavy atom. The summed E-state index contributed by atoms with van der Waals surface area (Å²) in [6, 6.07) is 7.03. The van der Waals surface area contributed by atoms with Crippen molar-refractivity contribution in [3.8, 4) is 0 Å².